The minimum atomic E-state index is -4.93. The van der Waals surface area contributed by atoms with E-state index in [4.69, 9.17) is 0 Å². The molecule has 20 heavy (non-hydrogen) atoms. The SMILES string of the molecule is CC(=O)SCCC#Cc1ccc(OC(F)(F)F)c(F)c1. The van der Waals surface area contributed by atoms with E-state index in [0.29, 0.717) is 12.2 Å². The Bertz CT molecular complexity index is 544. The molecule has 0 spiro atoms. The average Bonchev–Trinajstić information content (AvgIpc) is 2.30. The number of hydrogen-bond acceptors (Lipinski definition) is 3. The Kier molecular flexibility index (Phi) is 5.89. The molecule has 0 saturated carbocycles. The number of thioether (sulfide) groups is 1. The highest BCUT2D eigenvalue weighted by molar-refractivity contribution is 8.13. The minimum absolute atomic E-state index is 0.0218. The summed E-state index contributed by atoms with van der Waals surface area (Å²) in [6, 6.07) is 2.97. The van der Waals surface area contributed by atoms with Gasteiger partial charge in [-0.25, -0.2) is 4.39 Å². The van der Waals surface area contributed by atoms with Crippen molar-refractivity contribution in [2.75, 3.05) is 5.75 Å². The van der Waals surface area contributed by atoms with Crippen LogP contribution in [0.2, 0.25) is 0 Å². The molecule has 0 radical (unpaired) electrons. The van der Waals surface area contributed by atoms with Crippen LogP contribution >= 0.6 is 11.8 Å². The smallest absolute Gasteiger partial charge is 0.403 e. The van der Waals surface area contributed by atoms with Crippen molar-refractivity contribution >= 4 is 16.9 Å². The molecule has 2 nitrogen and oxygen atoms in total. The van der Waals surface area contributed by atoms with E-state index < -0.39 is 17.9 Å². The number of ether oxygens (including phenoxy) is 1. The summed E-state index contributed by atoms with van der Waals surface area (Å²) < 4.78 is 52.6. The lowest BCUT2D eigenvalue weighted by molar-refractivity contribution is -0.275. The topological polar surface area (TPSA) is 26.3 Å². The molecule has 0 bridgehead atoms. The summed E-state index contributed by atoms with van der Waals surface area (Å²) in [6.07, 6.45) is -4.51. The van der Waals surface area contributed by atoms with Crippen LogP contribution in [0.1, 0.15) is 18.9 Å². The zero-order valence-corrected chi connectivity index (χ0v) is 11.2. The first-order chi connectivity index (χ1) is 9.28. The van der Waals surface area contributed by atoms with Crippen LogP contribution in [0.4, 0.5) is 17.6 Å². The Labute approximate surface area is 117 Å². The van der Waals surface area contributed by atoms with Gasteiger partial charge < -0.3 is 4.74 Å². The summed E-state index contributed by atoms with van der Waals surface area (Å²) in [5.74, 6) is 3.79. The van der Waals surface area contributed by atoms with E-state index in [1.54, 1.807) is 0 Å². The Hall–Kier alpha value is -1.68. The van der Waals surface area contributed by atoms with Gasteiger partial charge in [0.2, 0.25) is 0 Å². The number of hydrogen-bond donors (Lipinski definition) is 0. The fourth-order valence-electron chi connectivity index (χ4n) is 1.20. The van der Waals surface area contributed by atoms with Gasteiger partial charge in [-0.2, -0.15) is 0 Å². The Balaban J connectivity index is 2.64. The second-order valence-electron chi connectivity index (χ2n) is 3.58. The summed E-state index contributed by atoms with van der Waals surface area (Å²) >= 11 is 1.12. The summed E-state index contributed by atoms with van der Waals surface area (Å²) in [6.45, 7) is 1.44. The molecule has 0 aliphatic rings. The average molecular weight is 306 g/mol. The van der Waals surface area contributed by atoms with E-state index in [1.807, 2.05) is 0 Å². The predicted octanol–water partition coefficient (Wildman–Crippen LogP) is 3.75. The fourth-order valence-corrected chi connectivity index (χ4v) is 1.69. The van der Waals surface area contributed by atoms with Gasteiger partial charge in [0.25, 0.3) is 0 Å². The van der Waals surface area contributed by atoms with E-state index in [-0.39, 0.29) is 10.7 Å². The predicted molar refractivity (Wildman–Crippen MR) is 67.7 cm³/mol. The maximum atomic E-state index is 13.3. The number of carbonyl (C=O) groups is 1. The van der Waals surface area contributed by atoms with E-state index in [1.165, 1.54) is 13.0 Å². The lowest BCUT2D eigenvalue weighted by atomic mass is 10.2. The second kappa shape index (κ2) is 7.20. The van der Waals surface area contributed by atoms with Crippen molar-refractivity contribution in [1.29, 1.82) is 0 Å². The first-order valence-corrected chi connectivity index (χ1v) is 6.44. The third-order valence-corrected chi connectivity index (χ3v) is 2.74. The highest BCUT2D eigenvalue weighted by Gasteiger charge is 2.32. The summed E-state index contributed by atoms with van der Waals surface area (Å²) in [5, 5.41) is -0.0218. The van der Waals surface area contributed by atoms with Gasteiger partial charge in [0.1, 0.15) is 0 Å². The molecule has 1 aromatic rings. The largest absolute Gasteiger partial charge is 0.573 e. The van der Waals surface area contributed by atoms with Crippen molar-refractivity contribution in [3.8, 4) is 17.6 Å². The molecule has 0 aliphatic heterocycles. The lowest BCUT2D eigenvalue weighted by Gasteiger charge is -2.09. The molecule has 0 aromatic heterocycles. The number of carbonyl (C=O) groups excluding carboxylic acids is 1. The number of halogens is 4. The van der Waals surface area contributed by atoms with Crippen molar-refractivity contribution in [3.63, 3.8) is 0 Å². The zero-order chi connectivity index (χ0) is 15.2. The maximum absolute atomic E-state index is 13.3. The van der Waals surface area contributed by atoms with Gasteiger partial charge in [-0.1, -0.05) is 23.6 Å². The van der Waals surface area contributed by atoms with Crippen molar-refractivity contribution < 1.29 is 27.1 Å². The van der Waals surface area contributed by atoms with Gasteiger partial charge in [-0.3, -0.25) is 4.79 Å². The summed E-state index contributed by atoms with van der Waals surface area (Å²) in [5.41, 5.74) is 0.241. The van der Waals surface area contributed by atoms with Gasteiger partial charge in [0, 0.05) is 24.7 Å². The molecule has 0 fully saturated rings. The molecule has 1 rings (SSSR count). The molecule has 0 aliphatic carbocycles. The van der Waals surface area contributed by atoms with E-state index in [9.17, 15) is 22.4 Å². The van der Waals surface area contributed by atoms with Crippen LogP contribution in [0.3, 0.4) is 0 Å². The first-order valence-electron chi connectivity index (χ1n) is 5.45. The lowest BCUT2D eigenvalue weighted by Crippen LogP contribution is -2.17. The Morgan fingerprint density at radius 2 is 2.10 bits per heavy atom. The van der Waals surface area contributed by atoms with Crippen molar-refractivity contribution in [2.45, 2.75) is 19.7 Å². The Morgan fingerprint density at radius 1 is 1.40 bits per heavy atom. The van der Waals surface area contributed by atoms with Gasteiger partial charge in [-0.05, 0) is 18.2 Å². The van der Waals surface area contributed by atoms with Gasteiger partial charge in [0.05, 0.1) is 0 Å². The monoisotopic (exact) mass is 306 g/mol. The van der Waals surface area contributed by atoms with Gasteiger partial charge >= 0.3 is 6.36 Å². The molecular weight excluding hydrogens is 296 g/mol. The van der Waals surface area contributed by atoms with E-state index in [0.717, 1.165) is 23.9 Å². The van der Waals surface area contributed by atoms with Crippen LogP contribution in [-0.4, -0.2) is 17.2 Å². The van der Waals surface area contributed by atoms with Crippen LogP contribution in [0.15, 0.2) is 18.2 Å². The third-order valence-electron chi connectivity index (χ3n) is 1.92. The minimum Gasteiger partial charge on any atom is -0.403 e. The highest BCUT2D eigenvalue weighted by atomic mass is 32.2. The zero-order valence-electron chi connectivity index (χ0n) is 10.4. The molecular formula is C13H10F4O2S. The van der Waals surface area contributed by atoms with Crippen molar-refractivity contribution in [2.24, 2.45) is 0 Å². The van der Waals surface area contributed by atoms with Gasteiger partial charge in [-0.15, -0.1) is 13.2 Å². The van der Waals surface area contributed by atoms with E-state index in [2.05, 4.69) is 16.6 Å². The van der Waals surface area contributed by atoms with Gasteiger partial charge in [0.15, 0.2) is 16.7 Å². The molecule has 0 heterocycles. The molecule has 7 heteroatoms. The molecule has 0 N–H and O–H groups in total. The Morgan fingerprint density at radius 3 is 2.65 bits per heavy atom. The second-order valence-corrected chi connectivity index (χ2v) is 4.86. The standard InChI is InChI=1S/C13H10F4O2S/c1-9(18)20-7-3-2-4-10-5-6-12(11(14)8-10)19-13(15,16)17/h5-6,8H,3,7H2,1H3. The molecule has 108 valence electrons. The highest BCUT2D eigenvalue weighted by Crippen LogP contribution is 2.25. The molecule has 0 atom stereocenters. The van der Waals surface area contributed by atoms with Crippen LogP contribution in [0.25, 0.3) is 0 Å². The normalized spacial score (nSPS) is 10.7. The number of alkyl halides is 3. The van der Waals surface area contributed by atoms with E-state index >= 15 is 0 Å². The van der Waals surface area contributed by atoms with Crippen LogP contribution in [0, 0.1) is 17.7 Å². The molecule has 0 unspecified atom stereocenters. The van der Waals surface area contributed by atoms with Crippen molar-refractivity contribution in [1.82, 2.24) is 0 Å². The first kappa shape index (κ1) is 16.4. The maximum Gasteiger partial charge on any atom is 0.573 e. The summed E-state index contributed by atoms with van der Waals surface area (Å²) in [4.78, 5) is 10.6. The quantitative estimate of drug-likeness (QED) is 0.483. The fraction of sp³-hybridized carbons (Fsp3) is 0.308. The summed E-state index contributed by atoms with van der Waals surface area (Å²) in [7, 11) is 0. The third kappa shape index (κ3) is 6.48. The number of rotatable bonds is 3. The molecule has 0 amide bonds. The van der Waals surface area contributed by atoms with Crippen LogP contribution < -0.4 is 4.74 Å². The molecule has 1 aromatic carbocycles. The van der Waals surface area contributed by atoms with Crippen molar-refractivity contribution in [3.05, 3.63) is 29.6 Å². The number of benzene rings is 1. The van der Waals surface area contributed by atoms with Crippen LogP contribution in [-0.2, 0) is 4.79 Å². The molecule has 0 saturated heterocycles. The van der Waals surface area contributed by atoms with Crippen LogP contribution in [0.5, 0.6) is 5.75 Å².